The summed E-state index contributed by atoms with van der Waals surface area (Å²) in [5.41, 5.74) is 9.56. The quantitative estimate of drug-likeness (QED) is 0.550. The first-order valence-corrected chi connectivity index (χ1v) is 8.44. The molecule has 0 radical (unpaired) electrons. The third-order valence-corrected chi connectivity index (χ3v) is 4.37. The van der Waals surface area contributed by atoms with Crippen molar-refractivity contribution >= 4 is 16.6 Å². The summed E-state index contributed by atoms with van der Waals surface area (Å²) in [4.78, 5) is 13.5. The van der Waals surface area contributed by atoms with Crippen molar-refractivity contribution < 1.29 is 9.47 Å². The largest absolute Gasteiger partial charge is 0.493 e. The van der Waals surface area contributed by atoms with Crippen molar-refractivity contribution in [3.8, 4) is 17.4 Å². The average molecular weight is 361 g/mol. The number of aromatic nitrogens is 4. The van der Waals surface area contributed by atoms with Crippen LogP contribution in [0, 0.1) is 0 Å². The van der Waals surface area contributed by atoms with Crippen LogP contribution in [0.5, 0.6) is 11.5 Å². The second-order valence-corrected chi connectivity index (χ2v) is 6.05. The fourth-order valence-electron chi connectivity index (χ4n) is 3.08. The highest BCUT2D eigenvalue weighted by molar-refractivity contribution is 5.92. The number of fused-ring (bicyclic) bond motifs is 1. The molecule has 0 spiro atoms. The number of nitrogen functional groups attached to an aromatic ring is 1. The smallest absolute Gasteiger partial charge is 0.235 e. The Labute approximate surface area is 156 Å². The molecule has 27 heavy (non-hydrogen) atoms. The van der Waals surface area contributed by atoms with Gasteiger partial charge in [0.25, 0.3) is 0 Å². The van der Waals surface area contributed by atoms with Crippen LogP contribution in [-0.2, 0) is 6.42 Å². The monoisotopic (exact) mass is 361 g/mol. The lowest BCUT2D eigenvalue weighted by atomic mass is 10.0. The number of nitrogens with zero attached hydrogens (tertiary/aromatic N) is 4. The van der Waals surface area contributed by atoms with Gasteiger partial charge >= 0.3 is 0 Å². The van der Waals surface area contributed by atoms with Gasteiger partial charge in [-0.3, -0.25) is 4.57 Å². The lowest BCUT2D eigenvalue weighted by Crippen LogP contribution is -2.06. The molecule has 2 heterocycles. The molecular weight excluding hydrogens is 342 g/mol. The Hall–Kier alpha value is -3.61. The van der Waals surface area contributed by atoms with Crippen molar-refractivity contribution in [2.75, 3.05) is 20.0 Å². The summed E-state index contributed by atoms with van der Waals surface area (Å²) in [6.45, 7) is 0. The van der Waals surface area contributed by atoms with Crippen LogP contribution in [-0.4, -0.2) is 33.7 Å². The van der Waals surface area contributed by atoms with Gasteiger partial charge in [-0.1, -0.05) is 12.1 Å². The second-order valence-electron chi connectivity index (χ2n) is 6.05. The number of nitrogens with two attached hydrogens (primary N) is 1. The zero-order valence-corrected chi connectivity index (χ0v) is 15.1. The maximum atomic E-state index is 6.24. The number of ether oxygens (including phenoxy) is 2. The summed E-state index contributed by atoms with van der Waals surface area (Å²) in [5, 5.41) is 0.858. The van der Waals surface area contributed by atoms with Gasteiger partial charge in [-0.15, -0.1) is 0 Å². The molecule has 0 unspecified atom stereocenters. The predicted octanol–water partition coefficient (Wildman–Crippen LogP) is 3.01. The van der Waals surface area contributed by atoms with Crippen molar-refractivity contribution in [2.45, 2.75) is 6.42 Å². The van der Waals surface area contributed by atoms with Crippen LogP contribution in [0.2, 0.25) is 0 Å². The van der Waals surface area contributed by atoms with E-state index < -0.39 is 0 Å². The van der Waals surface area contributed by atoms with E-state index in [0.29, 0.717) is 29.6 Å². The van der Waals surface area contributed by atoms with Crippen molar-refractivity contribution in [3.63, 3.8) is 0 Å². The minimum Gasteiger partial charge on any atom is -0.493 e. The summed E-state index contributed by atoms with van der Waals surface area (Å²) < 4.78 is 12.5. The number of imidazole rings is 1. The summed E-state index contributed by atoms with van der Waals surface area (Å²) in [6.07, 6.45) is 5.76. The van der Waals surface area contributed by atoms with E-state index in [4.69, 9.17) is 20.2 Å². The van der Waals surface area contributed by atoms with Gasteiger partial charge in [0.15, 0.2) is 11.5 Å². The van der Waals surface area contributed by atoms with Gasteiger partial charge in [0.1, 0.15) is 6.33 Å². The Morgan fingerprint density at radius 2 is 1.89 bits per heavy atom. The lowest BCUT2D eigenvalue weighted by molar-refractivity contribution is 0.354. The van der Waals surface area contributed by atoms with Gasteiger partial charge in [0.2, 0.25) is 5.95 Å². The molecule has 0 aliphatic carbocycles. The third kappa shape index (κ3) is 3.15. The topological polar surface area (TPSA) is 88.1 Å². The number of benzene rings is 2. The maximum absolute atomic E-state index is 6.24. The molecule has 0 saturated heterocycles. The van der Waals surface area contributed by atoms with Crippen LogP contribution >= 0.6 is 0 Å². The van der Waals surface area contributed by atoms with Gasteiger partial charge in [0, 0.05) is 29.9 Å². The highest BCUT2D eigenvalue weighted by Gasteiger charge is 2.13. The van der Waals surface area contributed by atoms with Crippen molar-refractivity contribution in [3.05, 3.63) is 66.4 Å². The Balaban J connectivity index is 1.85. The highest BCUT2D eigenvalue weighted by Crippen LogP contribution is 2.30. The number of rotatable bonds is 5. The van der Waals surface area contributed by atoms with Crippen LogP contribution in [0.3, 0.4) is 0 Å². The molecule has 0 atom stereocenters. The Morgan fingerprint density at radius 1 is 1.04 bits per heavy atom. The summed E-state index contributed by atoms with van der Waals surface area (Å²) >= 11 is 0. The molecule has 0 bridgehead atoms. The molecule has 7 heteroatoms. The Morgan fingerprint density at radius 3 is 2.63 bits per heavy atom. The molecular formula is C20H19N5O2. The molecule has 4 aromatic rings. The normalized spacial score (nSPS) is 10.9. The molecule has 2 aromatic carbocycles. The molecule has 0 aliphatic heterocycles. The van der Waals surface area contributed by atoms with Crippen LogP contribution < -0.4 is 15.2 Å². The molecule has 0 amide bonds. The summed E-state index contributed by atoms with van der Waals surface area (Å²) in [5.74, 6) is 1.92. The van der Waals surface area contributed by atoms with Gasteiger partial charge in [-0.05, 0) is 29.8 Å². The summed E-state index contributed by atoms with van der Waals surface area (Å²) in [7, 11) is 3.24. The molecule has 0 saturated carbocycles. The molecule has 2 N–H and O–H groups in total. The van der Waals surface area contributed by atoms with E-state index in [9.17, 15) is 0 Å². The van der Waals surface area contributed by atoms with E-state index >= 15 is 0 Å². The van der Waals surface area contributed by atoms with Crippen LogP contribution in [0.25, 0.3) is 16.9 Å². The standard InChI is InChI=1S/C20H19N5O2/c1-26-17-7-6-13(11-18(17)27-2)10-16-19-14(21)4-3-5-15(19)23-20(24-16)25-9-8-22-12-25/h3-9,11-12H,10,21H2,1-2H3. The number of methoxy groups -OCH3 is 2. The first kappa shape index (κ1) is 16.8. The number of hydrogen-bond acceptors (Lipinski definition) is 6. The highest BCUT2D eigenvalue weighted by atomic mass is 16.5. The number of hydrogen-bond donors (Lipinski definition) is 1. The second kappa shape index (κ2) is 6.95. The Bertz CT molecular complexity index is 1090. The molecule has 7 nitrogen and oxygen atoms in total. The van der Waals surface area contributed by atoms with Crippen LogP contribution in [0.4, 0.5) is 5.69 Å². The van der Waals surface area contributed by atoms with E-state index in [1.807, 2.05) is 42.6 Å². The van der Waals surface area contributed by atoms with E-state index in [1.54, 1.807) is 31.3 Å². The first-order valence-electron chi connectivity index (χ1n) is 8.44. The minimum absolute atomic E-state index is 0.557. The minimum atomic E-state index is 0.557. The Kier molecular flexibility index (Phi) is 4.33. The SMILES string of the molecule is COc1ccc(Cc2nc(-n3ccnc3)nc3cccc(N)c23)cc1OC. The molecule has 136 valence electrons. The third-order valence-electron chi connectivity index (χ3n) is 4.37. The molecule has 0 aliphatic rings. The van der Waals surface area contributed by atoms with E-state index in [-0.39, 0.29) is 0 Å². The van der Waals surface area contributed by atoms with Gasteiger partial charge < -0.3 is 15.2 Å². The number of anilines is 1. The van der Waals surface area contributed by atoms with Crippen LogP contribution in [0.1, 0.15) is 11.3 Å². The lowest BCUT2D eigenvalue weighted by Gasteiger charge is -2.13. The van der Waals surface area contributed by atoms with Gasteiger partial charge in [-0.25, -0.2) is 15.0 Å². The first-order chi connectivity index (χ1) is 13.2. The van der Waals surface area contributed by atoms with E-state index in [1.165, 1.54) is 0 Å². The maximum Gasteiger partial charge on any atom is 0.235 e. The van der Waals surface area contributed by atoms with E-state index in [2.05, 4.69) is 9.97 Å². The van der Waals surface area contributed by atoms with Gasteiger partial charge in [-0.2, -0.15) is 0 Å². The zero-order valence-electron chi connectivity index (χ0n) is 15.1. The van der Waals surface area contributed by atoms with Gasteiger partial charge in [0.05, 0.1) is 25.4 Å². The molecule has 2 aromatic heterocycles. The molecule has 0 fully saturated rings. The van der Waals surface area contributed by atoms with Crippen LogP contribution in [0.15, 0.2) is 55.1 Å². The predicted molar refractivity (Wildman–Crippen MR) is 103 cm³/mol. The fraction of sp³-hybridized carbons (Fsp3) is 0.150. The average Bonchev–Trinajstić information content (AvgIpc) is 3.22. The van der Waals surface area contributed by atoms with Crippen molar-refractivity contribution in [1.29, 1.82) is 0 Å². The van der Waals surface area contributed by atoms with E-state index in [0.717, 1.165) is 22.2 Å². The molecule has 4 rings (SSSR count). The fourth-order valence-corrected chi connectivity index (χ4v) is 3.08. The van der Waals surface area contributed by atoms with Crippen molar-refractivity contribution in [2.24, 2.45) is 0 Å². The summed E-state index contributed by atoms with van der Waals surface area (Å²) in [6, 6.07) is 11.5. The zero-order chi connectivity index (χ0) is 18.8. The van der Waals surface area contributed by atoms with Crippen molar-refractivity contribution in [1.82, 2.24) is 19.5 Å².